The summed E-state index contributed by atoms with van der Waals surface area (Å²) in [4.78, 5) is 11.9. The van der Waals surface area contributed by atoms with Gasteiger partial charge in [-0.15, -0.1) is 0 Å². The fourth-order valence-corrected chi connectivity index (χ4v) is 2.73. The van der Waals surface area contributed by atoms with Crippen molar-refractivity contribution in [2.75, 3.05) is 11.9 Å². The fraction of sp³-hybridized carbons (Fsp3) is 0.300. The van der Waals surface area contributed by atoms with Gasteiger partial charge in [0.15, 0.2) is 0 Å². The first-order valence-corrected chi connectivity index (χ1v) is 8.16. The van der Waals surface area contributed by atoms with Crippen molar-refractivity contribution in [3.8, 4) is 0 Å². The molecule has 4 heteroatoms. The van der Waals surface area contributed by atoms with Gasteiger partial charge in [0.05, 0.1) is 6.54 Å². The van der Waals surface area contributed by atoms with Gasteiger partial charge in [-0.05, 0) is 37.5 Å². The summed E-state index contributed by atoms with van der Waals surface area (Å²) in [6.07, 6.45) is 1.75. The predicted molar refractivity (Wildman–Crippen MR) is 101 cm³/mol. The second-order valence-corrected chi connectivity index (χ2v) is 6.14. The van der Waals surface area contributed by atoms with E-state index in [0.717, 1.165) is 16.8 Å². The van der Waals surface area contributed by atoms with E-state index in [1.807, 2.05) is 51.1 Å². The van der Waals surface area contributed by atoms with Gasteiger partial charge in [-0.1, -0.05) is 55.0 Å². The molecule has 1 amide bonds. The van der Waals surface area contributed by atoms with Gasteiger partial charge in [0.2, 0.25) is 0 Å². The molecule has 126 valence electrons. The van der Waals surface area contributed by atoms with E-state index in [1.54, 1.807) is 6.21 Å². The summed E-state index contributed by atoms with van der Waals surface area (Å²) in [7, 11) is 0. The quantitative estimate of drug-likeness (QED) is 0.625. The van der Waals surface area contributed by atoms with Gasteiger partial charge in [-0.3, -0.25) is 4.79 Å². The third kappa shape index (κ3) is 4.95. The van der Waals surface area contributed by atoms with Crippen molar-refractivity contribution in [3.05, 3.63) is 64.7 Å². The maximum atomic E-state index is 11.9. The minimum Gasteiger partial charge on any atom is -0.376 e. The number of benzene rings is 2. The van der Waals surface area contributed by atoms with Crippen LogP contribution in [0.2, 0.25) is 0 Å². The van der Waals surface area contributed by atoms with Crippen molar-refractivity contribution >= 4 is 17.8 Å². The standard InChI is InChI=1S/C20H25N3O/c1-14-10-15(2)20(16(3)11-14)21-13-19(24)23-22-12-17(4)18-8-6-5-7-9-18/h5-12,17,21H,13H2,1-4H3,(H,23,24)/b22-12-/t17-/m1/s1. The summed E-state index contributed by atoms with van der Waals surface area (Å²) in [5.41, 5.74) is 8.25. The minimum atomic E-state index is -0.161. The highest BCUT2D eigenvalue weighted by Gasteiger charge is 2.06. The Balaban J connectivity index is 1.85. The van der Waals surface area contributed by atoms with Crippen LogP contribution < -0.4 is 10.7 Å². The van der Waals surface area contributed by atoms with E-state index >= 15 is 0 Å². The van der Waals surface area contributed by atoms with Crippen LogP contribution >= 0.6 is 0 Å². The van der Waals surface area contributed by atoms with E-state index in [2.05, 4.69) is 34.9 Å². The van der Waals surface area contributed by atoms with Crippen molar-refractivity contribution in [3.63, 3.8) is 0 Å². The third-order valence-corrected chi connectivity index (χ3v) is 3.92. The summed E-state index contributed by atoms with van der Waals surface area (Å²) in [5.74, 6) is -0.00747. The van der Waals surface area contributed by atoms with Gasteiger partial charge in [0.25, 0.3) is 5.91 Å². The van der Waals surface area contributed by atoms with Gasteiger partial charge < -0.3 is 5.32 Å². The van der Waals surface area contributed by atoms with E-state index in [-0.39, 0.29) is 18.4 Å². The second kappa shape index (κ2) is 8.29. The molecule has 0 unspecified atom stereocenters. The Morgan fingerprint density at radius 3 is 2.38 bits per heavy atom. The average molecular weight is 323 g/mol. The lowest BCUT2D eigenvalue weighted by Crippen LogP contribution is -2.26. The molecule has 0 spiro atoms. The van der Waals surface area contributed by atoms with Crippen LogP contribution in [0.4, 0.5) is 5.69 Å². The number of nitrogens with one attached hydrogen (secondary N) is 2. The Kier molecular flexibility index (Phi) is 6.13. The van der Waals surface area contributed by atoms with Crippen molar-refractivity contribution in [2.24, 2.45) is 5.10 Å². The molecule has 0 saturated carbocycles. The topological polar surface area (TPSA) is 53.5 Å². The van der Waals surface area contributed by atoms with Crippen LogP contribution in [0.25, 0.3) is 0 Å². The Labute approximate surface area is 144 Å². The van der Waals surface area contributed by atoms with Gasteiger partial charge in [0, 0.05) is 17.8 Å². The number of carbonyl (C=O) groups is 1. The fourth-order valence-electron chi connectivity index (χ4n) is 2.73. The number of aryl methyl sites for hydroxylation is 3. The van der Waals surface area contributed by atoms with Crippen molar-refractivity contribution < 1.29 is 4.79 Å². The van der Waals surface area contributed by atoms with Crippen LogP contribution in [0.1, 0.15) is 35.1 Å². The molecule has 0 saturated heterocycles. The first kappa shape index (κ1) is 17.7. The molecule has 0 aliphatic rings. The van der Waals surface area contributed by atoms with Crippen LogP contribution in [0, 0.1) is 20.8 Å². The molecule has 0 radical (unpaired) electrons. The number of carbonyl (C=O) groups excluding carboxylic acids is 1. The lowest BCUT2D eigenvalue weighted by atomic mass is 10.0. The predicted octanol–water partition coefficient (Wildman–Crippen LogP) is 3.93. The van der Waals surface area contributed by atoms with Gasteiger partial charge in [-0.25, -0.2) is 5.43 Å². The van der Waals surface area contributed by atoms with Gasteiger partial charge in [-0.2, -0.15) is 5.10 Å². The third-order valence-electron chi connectivity index (χ3n) is 3.92. The molecule has 0 heterocycles. The highest BCUT2D eigenvalue weighted by Crippen LogP contribution is 2.21. The highest BCUT2D eigenvalue weighted by molar-refractivity contribution is 5.82. The van der Waals surface area contributed by atoms with Gasteiger partial charge in [0.1, 0.15) is 0 Å². The van der Waals surface area contributed by atoms with Crippen molar-refractivity contribution in [1.29, 1.82) is 0 Å². The summed E-state index contributed by atoms with van der Waals surface area (Å²) in [5, 5.41) is 7.25. The van der Waals surface area contributed by atoms with E-state index in [4.69, 9.17) is 0 Å². The molecule has 1 atom stereocenters. The van der Waals surface area contributed by atoms with E-state index in [0.29, 0.717) is 0 Å². The number of hydrogen-bond donors (Lipinski definition) is 2. The Morgan fingerprint density at radius 1 is 1.12 bits per heavy atom. The second-order valence-electron chi connectivity index (χ2n) is 6.14. The van der Waals surface area contributed by atoms with Crippen LogP contribution in [-0.4, -0.2) is 18.7 Å². The molecular weight excluding hydrogens is 298 g/mol. The molecule has 2 aromatic carbocycles. The molecule has 0 aliphatic carbocycles. The van der Waals surface area contributed by atoms with E-state index < -0.39 is 0 Å². The SMILES string of the molecule is Cc1cc(C)c(NCC(=O)N/N=C\[C@@H](C)c2ccccc2)c(C)c1. The molecule has 2 aromatic rings. The van der Waals surface area contributed by atoms with Gasteiger partial charge >= 0.3 is 0 Å². The maximum absolute atomic E-state index is 11.9. The Bertz CT molecular complexity index is 700. The van der Waals surface area contributed by atoms with Crippen LogP contribution in [-0.2, 0) is 4.79 Å². The number of nitrogens with zero attached hydrogens (tertiary/aromatic N) is 1. The Morgan fingerprint density at radius 2 is 1.75 bits per heavy atom. The zero-order valence-corrected chi connectivity index (χ0v) is 14.8. The summed E-state index contributed by atoms with van der Waals surface area (Å²) in [6.45, 7) is 8.39. The molecule has 2 N–H and O–H groups in total. The number of rotatable bonds is 6. The first-order chi connectivity index (χ1) is 11.5. The van der Waals surface area contributed by atoms with Crippen LogP contribution in [0.5, 0.6) is 0 Å². The van der Waals surface area contributed by atoms with E-state index in [9.17, 15) is 4.79 Å². The van der Waals surface area contributed by atoms with Crippen LogP contribution in [0.3, 0.4) is 0 Å². The highest BCUT2D eigenvalue weighted by atomic mass is 16.2. The monoisotopic (exact) mass is 323 g/mol. The molecule has 0 aliphatic heterocycles. The minimum absolute atomic E-state index is 0.154. The molecule has 0 fully saturated rings. The molecule has 24 heavy (non-hydrogen) atoms. The lowest BCUT2D eigenvalue weighted by molar-refractivity contribution is -0.119. The Hall–Kier alpha value is -2.62. The average Bonchev–Trinajstić information content (AvgIpc) is 2.54. The lowest BCUT2D eigenvalue weighted by Gasteiger charge is -2.13. The smallest absolute Gasteiger partial charge is 0.259 e. The van der Waals surface area contributed by atoms with Crippen molar-refractivity contribution in [1.82, 2.24) is 5.43 Å². The molecule has 2 rings (SSSR count). The summed E-state index contributed by atoms with van der Waals surface area (Å²) < 4.78 is 0. The largest absolute Gasteiger partial charge is 0.376 e. The zero-order chi connectivity index (χ0) is 17.5. The number of amides is 1. The zero-order valence-electron chi connectivity index (χ0n) is 14.8. The number of hydrazone groups is 1. The summed E-state index contributed by atoms with van der Waals surface area (Å²) in [6, 6.07) is 14.3. The van der Waals surface area contributed by atoms with Crippen molar-refractivity contribution in [2.45, 2.75) is 33.6 Å². The van der Waals surface area contributed by atoms with E-state index in [1.165, 1.54) is 11.1 Å². The number of hydrogen-bond acceptors (Lipinski definition) is 3. The molecular formula is C20H25N3O. The first-order valence-electron chi connectivity index (χ1n) is 8.16. The molecule has 0 aromatic heterocycles. The van der Waals surface area contributed by atoms with Crippen LogP contribution in [0.15, 0.2) is 47.6 Å². The maximum Gasteiger partial charge on any atom is 0.259 e. The normalized spacial score (nSPS) is 12.2. The summed E-state index contributed by atoms with van der Waals surface area (Å²) >= 11 is 0. The molecule has 4 nitrogen and oxygen atoms in total. The number of anilines is 1. The molecule has 0 bridgehead atoms.